The number of hydrogen-bond donors (Lipinski definition) is 2. The molecule has 0 aromatic heterocycles. The van der Waals surface area contributed by atoms with Crippen LogP contribution in [-0.2, 0) is 0 Å². The molecule has 0 bridgehead atoms. The maximum atomic E-state index is 8.98. The van der Waals surface area contributed by atoms with Gasteiger partial charge in [-0.25, -0.2) is 0 Å². The van der Waals surface area contributed by atoms with Crippen molar-refractivity contribution in [3.63, 3.8) is 0 Å². The van der Waals surface area contributed by atoms with E-state index in [0.717, 1.165) is 5.57 Å². The van der Waals surface area contributed by atoms with Gasteiger partial charge < -0.3 is 0 Å². The molecular weight excluding hydrogens is 195 g/mol. The molecule has 0 aromatic carbocycles. The van der Waals surface area contributed by atoms with E-state index in [2.05, 4.69) is 26.9 Å². The van der Waals surface area contributed by atoms with Crippen LogP contribution in [0, 0.1) is 5.41 Å². The van der Waals surface area contributed by atoms with Crippen LogP contribution in [0.4, 0.5) is 0 Å². The summed E-state index contributed by atoms with van der Waals surface area (Å²) in [7, 11) is 0. The molecule has 0 aromatic rings. The number of nitrogens with one attached hydrogen (secondary N) is 1. The van der Waals surface area contributed by atoms with Gasteiger partial charge in [0.15, 0.2) is 0 Å². The first-order chi connectivity index (χ1) is 4.74. The standard InChI is InChI=1S/C6H7N2OSe/c7-3-4-1-2-5(9)8-6(4)10/h5,7,9H,1-2H2. The molecule has 0 amide bonds. The summed E-state index contributed by atoms with van der Waals surface area (Å²) in [6.07, 6.45) is 0.705. The van der Waals surface area contributed by atoms with E-state index in [4.69, 9.17) is 10.5 Å². The third kappa shape index (κ3) is 1.55. The van der Waals surface area contributed by atoms with Crippen molar-refractivity contribution in [3.8, 4) is 0 Å². The van der Waals surface area contributed by atoms with E-state index in [9.17, 15) is 0 Å². The molecule has 0 saturated heterocycles. The molecule has 53 valence electrons. The van der Waals surface area contributed by atoms with Gasteiger partial charge in [0, 0.05) is 0 Å². The monoisotopic (exact) mass is 203 g/mol. The number of aliphatic imine (C=N–C) groups is 1. The van der Waals surface area contributed by atoms with Crippen LogP contribution >= 0.6 is 0 Å². The van der Waals surface area contributed by atoms with Crippen LogP contribution in [0.1, 0.15) is 12.8 Å². The summed E-state index contributed by atoms with van der Waals surface area (Å²) in [6.45, 7) is 0. The summed E-state index contributed by atoms with van der Waals surface area (Å²) in [4.78, 5) is 3.83. The Labute approximate surface area is 67.2 Å². The number of hydrogen-bond acceptors (Lipinski definition) is 3. The Kier molecular flexibility index (Phi) is 2.41. The summed E-state index contributed by atoms with van der Waals surface area (Å²) in [5.41, 5.74) is 0.755. The molecule has 0 saturated carbocycles. The fourth-order valence-electron chi connectivity index (χ4n) is 0.774. The van der Waals surface area contributed by atoms with Crippen LogP contribution in [0.25, 0.3) is 0 Å². The molecule has 0 aliphatic carbocycles. The third-order valence-corrected chi connectivity index (χ3v) is 2.07. The van der Waals surface area contributed by atoms with Crippen molar-refractivity contribution in [3.05, 3.63) is 5.57 Å². The van der Waals surface area contributed by atoms with E-state index in [1.54, 1.807) is 0 Å². The third-order valence-electron chi connectivity index (χ3n) is 1.33. The van der Waals surface area contributed by atoms with Crippen LogP contribution in [0.15, 0.2) is 10.6 Å². The van der Waals surface area contributed by atoms with Crippen molar-refractivity contribution >= 4 is 26.5 Å². The minimum atomic E-state index is -0.589. The molecule has 0 fully saturated rings. The summed E-state index contributed by atoms with van der Waals surface area (Å²) >= 11 is 2.68. The van der Waals surface area contributed by atoms with Crippen LogP contribution in [0.3, 0.4) is 0 Å². The second-order valence-electron chi connectivity index (χ2n) is 2.06. The Hall–Kier alpha value is -0.401. The van der Waals surface area contributed by atoms with Crippen LogP contribution in [-0.4, -0.2) is 37.8 Å². The predicted molar refractivity (Wildman–Crippen MR) is 39.7 cm³/mol. The quantitative estimate of drug-likeness (QED) is 0.416. The normalized spacial score (nSPS) is 25.5. The topological polar surface area (TPSA) is 56.4 Å². The first-order valence-corrected chi connectivity index (χ1v) is 3.81. The van der Waals surface area contributed by atoms with Gasteiger partial charge >= 0.3 is 66.6 Å². The first kappa shape index (κ1) is 7.70. The molecule has 1 radical (unpaired) electrons. The van der Waals surface area contributed by atoms with Gasteiger partial charge in [-0.15, -0.1) is 0 Å². The van der Waals surface area contributed by atoms with Crippen molar-refractivity contribution in [2.45, 2.75) is 19.1 Å². The molecule has 1 aliphatic heterocycles. The van der Waals surface area contributed by atoms with Gasteiger partial charge in [0.2, 0.25) is 0 Å². The zero-order valence-electron chi connectivity index (χ0n) is 5.29. The van der Waals surface area contributed by atoms with Crippen LogP contribution < -0.4 is 0 Å². The van der Waals surface area contributed by atoms with Crippen LogP contribution in [0.2, 0.25) is 0 Å². The van der Waals surface area contributed by atoms with E-state index in [1.165, 1.54) is 0 Å². The van der Waals surface area contributed by atoms with Gasteiger partial charge in [0.1, 0.15) is 0 Å². The maximum absolute atomic E-state index is 8.98. The summed E-state index contributed by atoms with van der Waals surface area (Å²) < 4.78 is 0.619. The second kappa shape index (κ2) is 3.13. The summed E-state index contributed by atoms with van der Waals surface area (Å²) in [6, 6.07) is 0. The van der Waals surface area contributed by atoms with Crippen molar-refractivity contribution < 1.29 is 5.11 Å². The van der Waals surface area contributed by atoms with E-state index >= 15 is 0 Å². The molecule has 3 nitrogen and oxygen atoms in total. The Morgan fingerprint density at radius 3 is 3.00 bits per heavy atom. The number of allylic oxidation sites excluding steroid dienone is 1. The molecule has 1 unspecified atom stereocenters. The molecule has 1 heterocycles. The van der Waals surface area contributed by atoms with Crippen molar-refractivity contribution in [2.24, 2.45) is 4.99 Å². The summed E-state index contributed by atoms with van der Waals surface area (Å²) in [5, 5.41) is 15.8. The molecular formula is C6H7N2OSe. The van der Waals surface area contributed by atoms with E-state index in [-0.39, 0.29) is 0 Å². The minimum absolute atomic E-state index is 0.589. The van der Waals surface area contributed by atoms with Gasteiger partial charge in [0.25, 0.3) is 0 Å². The molecule has 1 atom stereocenters. The average molecular weight is 202 g/mol. The molecule has 10 heavy (non-hydrogen) atoms. The molecule has 2 N–H and O–H groups in total. The molecule has 1 rings (SSSR count). The SMILES string of the molecule is N=C=C1CCC(O)N=C1[Se]. The van der Waals surface area contributed by atoms with Gasteiger partial charge in [-0.1, -0.05) is 0 Å². The summed E-state index contributed by atoms with van der Waals surface area (Å²) in [5.74, 6) is 2.27. The number of rotatable bonds is 0. The number of nitrogens with zero attached hydrogens (tertiary/aromatic N) is 1. The van der Waals surface area contributed by atoms with E-state index in [1.807, 2.05) is 0 Å². The molecule has 1 aliphatic rings. The van der Waals surface area contributed by atoms with Gasteiger partial charge in [-0.05, 0) is 0 Å². The van der Waals surface area contributed by atoms with Crippen molar-refractivity contribution in [1.29, 1.82) is 5.41 Å². The number of aliphatic hydroxyl groups is 1. The van der Waals surface area contributed by atoms with Crippen molar-refractivity contribution in [2.75, 3.05) is 0 Å². The second-order valence-corrected chi connectivity index (χ2v) is 2.87. The van der Waals surface area contributed by atoms with E-state index < -0.39 is 6.23 Å². The van der Waals surface area contributed by atoms with Crippen molar-refractivity contribution in [1.82, 2.24) is 0 Å². The fraction of sp³-hybridized carbons (Fsp3) is 0.500. The molecule has 4 heteroatoms. The Balaban J connectivity index is 2.87. The zero-order valence-corrected chi connectivity index (χ0v) is 7.01. The zero-order chi connectivity index (χ0) is 7.56. The Bertz CT molecular complexity index is 218. The predicted octanol–water partition coefficient (Wildman–Crippen LogP) is -0.160. The molecule has 0 spiro atoms. The van der Waals surface area contributed by atoms with Gasteiger partial charge in [0.05, 0.1) is 0 Å². The Morgan fingerprint density at radius 1 is 1.80 bits per heavy atom. The van der Waals surface area contributed by atoms with Gasteiger partial charge in [-0.2, -0.15) is 0 Å². The van der Waals surface area contributed by atoms with Gasteiger partial charge in [-0.3, -0.25) is 0 Å². The first-order valence-electron chi connectivity index (χ1n) is 2.96. The Morgan fingerprint density at radius 2 is 2.50 bits per heavy atom. The van der Waals surface area contributed by atoms with E-state index in [0.29, 0.717) is 17.5 Å². The number of aliphatic hydroxyl groups excluding tert-OH is 1. The fourth-order valence-corrected chi connectivity index (χ4v) is 1.35. The van der Waals surface area contributed by atoms with Crippen LogP contribution in [0.5, 0.6) is 0 Å². The average Bonchev–Trinajstić information content (AvgIpc) is 1.88.